The molecule has 2 aliphatic heterocycles. The van der Waals surface area contributed by atoms with Gasteiger partial charge in [-0.1, -0.05) is 12.5 Å². The summed E-state index contributed by atoms with van der Waals surface area (Å²) in [4.78, 5) is 30.6. The zero-order chi connectivity index (χ0) is 16.1. The molecule has 2 aliphatic rings. The average Bonchev–Trinajstić information content (AvgIpc) is 2.92. The Kier molecular flexibility index (Phi) is 5.26. The summed E-state index contributed by atoms with van der Waals surface area (Å²) in [5.41, 5.74) is 1.04. The van der Waals surface area contributed by atoms with Crippen molar-refractivity contribution in [1.29, 1.82) is 0 Å². The molecule has 0 radical (unpaired) electrons. The Bertz CT molecular complexity index is 546. The van der Waals surface area contributed by atoms with Gasteiger partial charge in [0.1, 0.15) is 0 Å². The molecule has 2 amide bonds. The van der Waals surface area contributed by atoms with E-state index in [4.69, 9.17) is 0 Å². The Balaban J connectivity index is 1.51. The molecule has 0 spiro atoms. The van der Waals surface area contributed by atoms with Crippen molar-refractivity contribution in [3.8, 4) is 0 Å². The predicted octanol–water partition coefficient (Wildman–Crippen LogP) is 2.06. The number of hydrogen-bond acceptors (Lipinski definition) is 3. The highest BCUT2D eigenvalue weighted by Gasteiger charge is 2.37. The molecule has 0 aliphatic carbocycles. The van der Waals surface area contributed by atoms with Crippen molar-refractivity contribution in [1.82, 2.24) is 15.2 Å². The minimum absolute atomic E-state index is 0.143. The molecular weight excluding hydrogens is 290 g/mol. The van der Waals surface area contributed by atoms with Crippen molar-refractivity contribution in [2.24, 2.45) is 0 Å². The van der Waals surface area contributed by atoms with Crippen molar-refractivity contribution >= 4 is 11.8 Å². The van der Waals surface area contributed by atoms with Crippen LogP contribution in [0.15, 0.2) is 24.4 Å². The summed E-state index contributed by atoms with van der Waals surface area (Å²) in [6.45, 7) is 0.776. The quantitative estimate of drug-likeness (QED) is 0.925. The second-order valence-electron chi connectivity index (χ2n) is 6.54. The van der Waals surface area contributed by atoms with Gasteiger partial charge >= 0.3 is 0 Å². The van der Waals surface area contributed by atoms with E-state index in [9.17, 15) is 9.59 Å². The van der Waals surface area contributed by atoms with Gasteiger partial charge in [0.15, 0.2) is 0 Å². The number of rotatable bonds is 4. The number of nitrogens with one attached hydrogen (secondary N) is 1. The van der Waals surface area contributed by atoms with E-state index >= 15 is 0 Å². The zero-order valence-corrected chi connectivity index (χ0v) is 13.5. The maximum Gasteiger partial charge on any atom is 0.222 e. The molecular formula is C18H25N3O2. The van der Waals surface area contributed by atoms with Gasteiger partial charge in [-0.25, -0.2) is 0 Å². The van der Waals surface area contributed by atoms with Gasteiger partial charge in [-0.05, 0) is 44.2 Å². The molecule has 124 valence electrons. The van der Waals surface area contributed by atoms with Crippen LogP contribution in [0.1, 0.15) is 50.6 Å². The first-order chi connectivity index (χ1) is 11.2. The van der Waals surface area contributed by atoms with Gasteiger partial charge in [0.2, 0.25) is 11.8 Å². The average molecular weight is 315 g/mol. The smallest absolute Gasteiger partial charge is 0.222 e. The van der Waals surface area contributed by atoms with Gasteiger partial charge < -0.3 is 10.2 Å². The fourth-order valence-corrected chi connectivity index (χ4v) is 3.72. The summed E-state index contributed by atoms with van der Waals surface area (Å²) in [5.74, 6) is 0.368. The number of aromatic nitrogens is 1. The van der Waals surface area contributed by atoms with Crippen molar-refractivity contribution in [3.05, 3.63) is 30.1 Å². The second-order valence-corrected chi connectivity index (χ2v) is 6.54. The number of aryl methyl sites for hydroxylation is 1. The van der Waals surface area contributed by atoms with Crippen LogP contribution >= 0.6 is 0 Å². The minimum atomic E-state index is 0.143. The molecule has 1 N–H and O–H groups in total. The highest BCUT2D eigenvalue weighted by atomic mass is 16.2. The summed E-state index contributed by atoms with van der Waals surface area (Å²) < 4.78 is 0. The largest absolute Gasteiger partial charge is 0.351 e. The lowest BCUT2D eigenvalue weighted by atomic mass is 9.98. The van der Waals surface area contributed by atoms with E-state index in [2.05, 4.69) is 10.3 Å². The molecule has 1 aromatic rings. The van der Waals surface area contributed by atoms with Crippen molar-refractivity contribution in [2.45, 2.75) is 63.5 Å². The lowest BCUT2D eigenvalue weighted by Crippen LogP contribution is -2.47. The summed E-state index contributed by atoms with van der Waals surface area (Å²) in [6, 6.07) is 6.24. The summed E-state index contributed by atoms with van der Waals surface area (Å²) in [5, 5.41) is 3.10. The van der Waals surface area contributed by atoms with Gasteiger partial charge in [0, 0.05) is 31.3 Å². The van der Waals surface area contributed by atoms with Gasteiger partial charge in [0.25, 0.3) is 0 Å². The first-order valence-electron chi connectivity index (χ1n) is 8.73. The summed E-state index contributed by atoms with van der Waals surface area (Å²) >= 11 is 0. The topological polar surface area (TPSA) is 62.3 Å². The number of carbonyl (C=O) groups excluding carboxylic acids is 2. The number of pyridine rings is 1. The molecule has 0 aromatic carbocycles. The number of amides is 2. The first kappa shape index (κ1) is 16.0. The molecule has 0 saturated carbocycles. The van der Waals surface area contributed by atoms with E-state index in [1.807, 2.05) is 23.1 Å². The molecule has 0 bridgehead atoms. The maximum absolute atomic E-state index is 12.6. The Morgan fingerprint density at radius 2 is 2.22 bits per heavy atom. The second kappa shape index (κ2) is 7.57. The standard InChI is InChI=1S/C18H25N3O2/c22-17-9-2-1-8-16-15(20-17)11-13-21(16)18(23)10-5-7-14-6-3-4-12-19-14/h3-4,6,12,15-16H,1-2,5,7-11,13H2,(H,20,22)/t15-,16+/m0/s1. The third-order valence-electron chi connectivity index (χ3n) is 4.92. The summed E-state index contributed by atoms with van der Waals surface area (Å²) in [6.07, 6.45) is 8.51. The molecule has 3 rings (SSSR count). The third kappa shape index (κ3) is 4.09. The maximum atomic E-state index is 12.6. The lowest BCUT2D eigenvalue weighted by Gasteiger charge is -2.30. The predicted molar refractivity (Wildman–Crippen MR) is 87.7 cm³/mol. The van der Waals surface area contributed by atoms with Crippen LogP contribution in [0.25, 0.3) is 0 Å². The fourth-order valence-electron chi connectivity index (χ4n) is 3.72. The molecule has 2 fully saturated rings. The van der Waals surface area contributed by atoms with E-state index in [-0.39, 0.29) is 23.9 Å². The summed E-state index contributed by atoms with van der Waals surface area (Å²) in [7, 11) is 0. The Morgan fingerprint density at radius 1 is 1.30 bits per heavy atom. The molecule has 1 aromatic heterocycles. The first-order valence-corrected chi connectivity index (χ1v) is 8.73. The molecule has 2 atom stereocenters. The van der Waals surface area contributed by atoms with Crippen LogP contribution in [0.2, 0.25) is 0 Å². The van der Waals surface area contributed by atoms with Crippen molar-refractivity contribution in [2.75, 3.05) is 6.54 Å². The van der Waals surface area contributed by atoms with E-state index in [1.165, 1.54) is 0 Å². The highest BCUT2D eigenvalue weighted by molar-refractivity contribution is 5.78. The Labute approximate surface area is 137 Å². The molecule has 2 saturated heterocycles. The fraction of sp³-hybridized carbons (Fsp3) is 0.611. The van der Waals surface area contributed by atoms with Gasteiger partial charge in [-0.3, -0.25) is 14.6 Å². The van der Waals surface area contributed by atoms with Gasteiger partial charge in [-0.2, -0.15) is 0 Å². The van der Waals surface area contributed by atoms with Crippen LogP contribution in [-0.4, -0.2) is 40.3 Å². The number of nitrogens with zero attached hydrogens (tertiary/aromatic N) is 2. The SMILES string of the molecule is O=C1CCCC[C@@H]2[C@H](CCN2C(=O)CCCc2ccccn2)N1. The molecule has 3 heterocycles. The van der Waals surface area contributed by atoms with Crippen molar-refractivity contribution in [3.63, 3.8) is 0 Å². The number of hydrogen-bond donors (Lipinski definition) is 1. The van der Waals surface area contributed by atoms with Crippen LogP contribution in [0, 0.1) is 0 Å². The third-order valence-corrected chi connectivity index (χ3v) is 4.92. The van der Waals surface area contributed by atoms with E-state index in [0.29, 0.717) is 12.8 Å². The molecule has 5 nitrogen and oxygen atoms in total. The van der Waals surface area contributed by atoms with Crippen LogP contribution in [0.5, 0.6) is 0 Å². The molecule has 23 heavy (non-hydrogen) atoms. The number of likely N-dealkylation sites (tertiary alicyclic amines) is 1. The van der Waals surface area contributed by atoms with Gasteiger partial charge in [-0.15, -0.1) is 0 Å². The Morgan fingerprint density at radius 3 is 3.04 bits per heavy atom. The van der Waals surface area contributed by atoms with Crippen LogP contribution in [0.4, 0.5) is 0 Å². The zero-order valence-electron chi connectivity index (χ0n) is 13.5. The van der Waals surface area contributed by atoms with Gasteiger partial charge in [0.05, 0.1) is 12.1 Å². The minimum Gasteiger partial charge on any atom is -0.351 e. The Hall–Kier alpha value is -1.91. The van der Waals surface area contributed by atoms with Crippen LogP contribution in [0.3, 0.4) is 0 Å². The van der Waals surface area contributed by atoms with Crippen molar-refractivity contribution < 1.29 is 9.59 Å². The van der Waals surface area contributed by atoms with Crippen LogP contribution < -0.4 is 5.32 Å². The van der Waals surface area contributed by atoms with E-state index in [1.54, 1.807) is 6.20 Å². The normalized spacial score (nSPS) is 24.5. The highest BCUT2D eigenvalue weighted by Crippen LogP contribution is 2.26. The van der Waals surface area contributed by atoms with E-state index < -0.39 is 0 Å². The van der Waals surface area contributed by atoms with Crippen LogP contribution in [-0.2, 0) is 16.0 Å². The number of fused-ring (bicyclic) bond motifs is 1. The molecule has 0 unspecified atom stereocenters. The van der Waals surface area contributed by atoms with E-state index in [0.717, 1.165) is 50.8 Å². The monoisotopic (exact) mass is 315 g/mol. The molecule has 5 heteroatoms. The number of carbonyl (C=O) groups is 2. The lowest BCUT2D eigenvalue weighted by molar-refractivity contribution is -0.133.